The second-order valence-corrected chi connectivity index (χ2v) is 4.90. The fraction of sp³-hybridized carbons (Fsp3) is 0.294. The lowest BCUT2D eigenvalue weighted by Gasteiger charge is -2.09. The van der Waals surface area contributed by atoms with Crippen molar-refractivity contribution >= 4 is 0 Å². The first-order chi connectivity index (χ1) is 8.66. The highest BCUT2D eigenvalue weighted by atomic mass is 16.3. The fourth-order valence-electron chi connectivity index (χ4n) is 2.17. The topological polar surface area (TPSA) is 20.2 Å². The van der Waals surface area contributed by atoms with Crippen LogP contribution in [0.4, 0.5) is 0 Å². The van der Waals surface area contributed by atoms with Crippen molar-refractivity contribution in [2.45, 2.75) is 32.8 Å². The van der Waals surface area contributed by atoms with E-state index < -0.39 is 0 Å². The zero-order chi connectivity index (χ0) is 13.0. The molecule has 1 N–H and O–H groups in total. The first kappa shape index (κ1) is 12.8. The first-order valence-electron chi connectivity index (χ1n) is 6.50. The van der Waals surface area contributed by atoms with Crippen LogP contribution in [0.5, 0.6) is 0 Å². The van der Waals surface area contributed by atoms with Gasteiger partial charge in [0.15, 0.2) is 0 Å². The summed E-state index contributed by atoms with van der Waals surface area (Å²) in [6.45, 7) is 3.98. The van der Waals surface area contributed by atoms with E-state index in [0.29, 0.717) is 0 Å². The molecule has 2 rings (SSSR count). The van der Waals surface area contributed by atoms with E-state index in [1.54, 1.807) is 0 Å². The number of benzene rings is 2. The average Bonchev–Trinajstić information content (AvgIpc) is 2.37. The summed E-state index contributed by atoms with van der Waals surface area (Å²) >= 11 is 0. The fourth-order valence-corrected chi connectivity index (χ4v) is 2.17. The van der Waals surface area contributed by atoms with Crippen molar-refractivity contribution in [3.05, 3.63) is 59.7 Å². The van der Waals surface area contributed by atoms with Gasteiger partial charge in [0, 0.05) is 0 Å². The van der Waals surface area contributed by atoms with Crippen molar-refractivity contribution in [3.8, 4) is 11.1 Å². The van der Waals surface area contributed by atoms with Gasteiger partial charge in [0.05, 0.1) is 6.10 Å². The molecule has 2 aromatic carbocycles. The maximum absolute atomic E-state index is 9.34. The van der Waals surface area contributed by atoms with E-state index >= 15 is 0 Å². The van der Waals surface area contributed by atoms with E-state index in [4.69, 9.17) is 0 Å². The van der Waals surface area contributed by atoms with Crippen LogP contribution < -0.4 is 0 Å². The molecule has 0 spiro atoms. The molecule has 1 atom stereocenters. The Hall–Kier alpha value is -1.60. The number of aliphatic hydroxyl groups excluding tert-OH is 1. The highest BCUT2D eigenvalue weighted by Gasteiger charge is 2.03. The number of aryl methyl sites for hydroxylation is 2. The second kappa shape index (κ2) is 5.83. The Labute approximate surface area is 109 Å². The maximum Gasteiger partial charge on any atom is 0.0515 e. The number of hydrogen-bond acceptors (Lipinski definition) is 1. The first-order valence-corrected chi connectivity index (χ1v) is 6.50. The van der Waals surface area contributed by atoms with Gasteiger partial charge in [0.25, 0.3) is 0 Å². The lowest BCUT2D eigenvalue weighted by molar-refractivity contribution is 0.185. The molecular formula is C17H20O. The molecule has 0 heterocycles. The third-order valence-electron chi connectivity index (χ3n) is 3.23. The molecule has 0 aliphatic heterocycles. The van der Waals surface area contributed by atoms with E-state index in [1.807, 2.05) is 6.92 Å². The lowest BCUT2D eigenvalue weighted by atomic mass is 9.97. The van der Waals surface area contributed by atoms with Crippen molar-refractivity contribution in [2.24, 2.45) is 0 Å². The summed E-state index contributed by atoms with van der Waals surface area (Å²) in [4.78, 5) is 0. The van der Waals surface area contributed by atoms with Crippen LogP contribution in [0.3, 0.4) is 0 Å². The normalized spacial score (nSPS) is 12.4. The van der Waals surface area contributed by atoms with Gasteiger partial charge < -0.3 is 5.11 Å². The Morgan fingerprint density at radius 2 is 1.83 bits per heavy atom. The number of hydrogen-bond donors (Lipinski definition) is 1. The Bertz CT molecular complexity index is 515. The van der Waals surface area contributed by atoms with Crippen molar-refractivity contribution in [2.75, 3.05) is 0 Å². The maximum atomic E-state index is 9.34. The summed E-state index contributed by atoms with van der Waals surface area (Å²) in [5.74, 6) is 0. The molecule has 1 unspecified atom stereocenters. The summed E-state index contributed by atoms with van der Waals surface area (Å²) in [5, 5.41) is 9.34. The summed E-state index contributed by atoms with van der Waals surface area (Å²) in [7, 11) is 0. The predicted molar refractivity (Wildman–Crippen MR) is 76.6 cm³/mol. The van der Waals surface area contributed by atoms with Gasteiger partial charge >= 0.3 is 0 Å². The molecule has 0 radical (unpaired) electrons. The van der Waals surface area contributed by atoms with E-state index in [1.165, 1.54) is 22.3 Å². The SMILES string of the molecule is Cc1ccccc1-c1cccc(CCC(C)O)c1. The van der Waals surface area contributed by atoms with Crippen molar-refractivity contribution in [1.29, 1.82) is 0 Å². The zero-order valence-electron chi connectivity index (χ0n) is 11.1. The van der Waals surface area contributed by atoms with Crippen LogP contribution in [-0.2, 0) is 6.42 Å². The minimum atomic E-state index is -0.230. The van der Waals surface area contributed by atoms with Gasteiger partial charge in [-0.1, -0.05) is 48.5 Å². The van der Waals surface area contributed by atoms with Crippen LogP contribution in [-0.4, -0.2) is 11.2 Å². The largest absolute Gasteiger partial charge is 0.393 e. The van der Waals surface area contributed by atoms with Crippen molar-refractivity contribution in [3.63, 3.8) is 0 Å². The summed E-state index contributed by atoms with van der Waals surface area (Å²) in [6.07, 6.45) is 1.52. The summed E-state index contributed by atoms with van der Waals surface area (Å²) < 4.78 is 0. The van der Waals surface area contributed by atoms with Crippen LogP contribution in [0.15, 0.2) is 48.5 Å². The third-order valence-corrected chi connectivity index (χ3v) is 3.23. The standard InChI is InChI=1S/C17H20O/c1-13-6-3-4-9-17(13)16-8-5-7-15(12-16)11-10-14(2)18/h3-9,12,14,18H,10-11H2,1-2H3. The quantitative estimate of drug-likeness (QED) is 0.857. The zero-order valence-corrected chi connectivity index (χ0v) is 11.1. The van der Waals surface area contributed by atoms with Gasteiger partial charge in [0.1, 0.15) is 0 Å². The van der Waals surface area contributed by atoms with Gasteiger partial charge in [-0.3, -0.25) is 0 Å². The molecule has 0 bridgehead atoms. The van der Waals surface area contributed by atoms with Gasteiger partial charge in [-0.05, 0) is 48.9 Å². The molecule has 18 heavy (non-hydrogen) atoms. The van der Waals surface area contributed by atoms with E-state index in [-0.39, 0.29) is 6.10 Å². The van der Waals surface area contributed by atoms with Gasteiger partial charge in [-0.25, -0.2) is 0 Å². The Kier molecular flexibility index (Phi) is 4.16. The Balaban J connectivity index is 2.25. The second-order valence-electron chi connectivity index (χ2n) is 4.90. The van der Waals surface area contributed by atoms with E-state index in [2.05, 4.69) is 55.5 Å². The Morgan fingerprint density at radius 1 is 1.06 bits per heavy atom. The van der Waals surface area contributed by atoms with Crippen LogP contribution >= 0.6 is 0 Å². The van der Waals surface area contributed by atoms with E-state index in [0.717, 1.165) is 12.8 Å². The molecule has 0 fully saturated rings. The smallest absolute Gasteiger partial charge is 0.0515 e. The van der Waals surface area contributed by atoms with Gasteiger partial charge in [-0.2, -0.15) is 0 Å². The monoisotopic (exact) mass is 240 g/mol. The molecule has 94 valence electrons. The number of rotatable bonds is 4. The lowest BCUT2D eigenvalue weighted by Crippen LogP contribution is -2.01. The average molecular weight is 240 g/mol. The molecule has 1 heteroatoms. The molecule has 1 nitrogen and oxygen atoms in total. The minimum Gasteiger partial charge on any atom is -0.393 e. The minimum absolute atomic E-state index is 0.230. The molecule has 0 aromatic heterocycles. The molecule has 0 aliphatic carbocycles. The molecule has 0 saturated heterocycles. The molecule has 2 aromatic rings. The Morgan fingerprint density at radius 3 is 2.56 bits per heavy atom. The van der Waals surface area contributed by atoms with Crippen molar-refractivity contribution in [1.82, 2.24) is 0 Å². The van der Waals surface area contributed by atoms with Crippen molar-refractivity contribution < 1.29 is 5.11 Å². The number of aliphatic hydroxyl groups is 1. The molecular weight excluding hydrogens is 220 g/mol. The van der Waals surface area contributed by atoms with Gasteiger partial charge in [-0.15, -0.1) is 0 Å². The van der Waals surface area contributed by atoms with Gasteiger partial charge in [0.2, 0.25) is 0 Å². The summed E-state index contributed by atoms with van der Waals surface area (Å²) in [6, 6.07) is 17.0. The summed E-state index contributed by atoms with van der Waals surface area (Å²) in [5.41, 5.74) is 5.13. The highest BCUT2D eigenvalue weighted by Crippen LogP contribution is 2.24. The van der Waals surface area contributed by atoms with Crippen LogP contribution in [0.1, 0.15) is 24.5 Å². The van der Waals surface area contributed by atoms with E-state index in [9.17, 15) is 5.11 Å². The molecule has 0 aliphatic rings. The third kappa shape index (κ3) is 3.21. The molecule has 0 amide bonds. The molecule has 0 saturated carbocycles. The van der Waals surface area contributed by atoms with Crippen LogP contribution in [0.25, 0.3) is 11.1 Å². The highest BCUT2D eigenvalue weighted by molar-refractivity contribution is 5.67. The van der Waals surface area contributed by atoms with Crippen LogP contribution in [0, 0.1) is 6.92 Å². The predicted octanol–water partition coefficient (Wildman–Crippen LogP) is 3.98. The van der Waals surface area contributed by atoms with Crippen LogP contribution in [0.2, 0.25) is 0 Å².